The maximum absolute atomic E-state index is 12.8. The number of carbonyl (C=O) groups excluding carboxylic acids is 2. The van der Waals surface area contributed by atoms with E-state index in [9.17, 15) is 14.7 Å². The number of nitrogens with one attached hydrogen (secondary N) is 1. The van der Waals surface area contributed by atoms with Crippen LogP contribution in [0.3, 0.4) is 0 Å². The summed E-state index contributed by atoms with van der Waals surface area (Å²) < 4.78 is 5.41. The molecule has 0 aromatic heterocycles. The van der Waals surface area contributed by atoms with E-state index < -0.39 is 11.0 Å². The molecule has 2 N–H and O–H groups in total. The summed E-state index contributed by atoms with van der Waals surface area (Å²) >= 11 is 0. The summed E-state index contributed by atoms with van der Waals surface area (Å²) in [6, 6.07) is 5.72. The van der Waals surface area contributed by atoms with Gasteiger partial charge >= 0.3 is 5.97 Å². The van der Waals surface area contributed by atoms with Crippen molar-refractivity contribution in [1.82, 2.24) is 0 Å². The van der Waals surface area contributed by atoms with Gasteiger partial charge in [-0.25, -0.2) is 0 Å². The Labute approximate surface area is 154 Å². The van der Waals surface area contributed by atoms with Crippen LogP contribution in [0, 0.1) is 31.1 Å². The molecule has 26 heavy (non-hydrogen) atoms. The van der Waals surface area contributed by atoms with Crippen LogP contribution in [0.15, 0.2) is 18.2 Å². The highest BCUT2D eigenvalue weighted by Crippen LogP contribution is 2.61. The standard InChI is InChI=1S/C21H27NO4/c1-13-4-3-5-17(14(13)2)22-18(23)11-26-19(24)20-7-15-6-16(8-20)10-21(25,9-15)12-20/h3-5,15-16,25H,6-12H2,1-2H3,(H,22,23)/t15-,16+,20?,21?. The number of carbonyl (C=O) groups is 2. The molecule has 5 rings (SSSR count). The monoisotopic (exact) mass is 357 g/mol. The minimum atomic E-state index is -0.704. The third-order valence-corrected chi connectivity index (χ3v) is 6.68. The molecule has 1 amide bonds. The molecule has 0 saturated heterocycles. The van der Waals surface area contributed by atoms with Gasteiger partial charge in [-0.05, 0) is 81.4 Å². The summed E-state index contributed by atoms with van der Waals surface area (Å²) in [6.45, 7) is 3.66. The molecule has 1 aromatic rings. The van der Waals surface area contributed by atoms with Gasteiger partial charge in [0.1, 0.15) is 0 Å². The predicted octanol–water partition coefficient (Wildman–Crippen LogP) is 3.12. The van der Waals surface area contributed by atoms with Gasteiger partial charge in [-0.3, -0.25) is 9.59 Å². The van der Waals surface area contributed by atoms with Crippen molar-refractivity contribution in [2.45, 2.75) is 58.0 Å². The second kappa shape index (κ2) is 6.08. The second-order valence-corrected chi connectivity index (χ2v) is 8.84. The van der Waals surface area contributed by atoms with Crippen LogP contribution in [-0.4, -0.2) is 29.2 Å². The Balaban J connectivity index is 1.38. The van der Waals surface area contributed by atoms with Crippen LogP contribution >= 0.6 is 0 Å². The number of hydrogen-bond acceptors (Lipinski definition) is 4. The van der Waals surface area contributed by atoms with E-state index in [4.69, 9.17) is 4.74 Å². The molecule has 4 aliphatic carbocycles. The van der Waals surface area contributed by atoms with E-state index in [1.165, 1.54) is 0 Å². The lowest BCUT2D eigenvalue weighted by Crippen LogP contribution is -2.58. The molecule has 4 atom stereocenters. The highest BCUT2D eigenvalue weighted by Gasteiger charge is 2.60. The Bertz CT molecular complexity index is 742. The van der Waals surface area contributed by atoms with Crippen molar-refractivity contribution >= 4 is 17.6 Å². The first-order valence-electron chi connectivity index (χ1n) is 9.54. The molecule has 2 unspecified atom stereocenters. The average molecular weight is 357 g/mol. The molecule has 0 heterocycles. The molecular formula is C21H27NO4. The van der Waals surface area contributed by atoms with Crippen LogP contribution in [0.2, 0.25) is 0 Å². The zero-order valence-corrected chi connectivity index (χ0v) is 15.5. The molecule has 0 aliphatic heterocycles. The number of esters is 1. The van der Waals surface area contributed by atoms with E-state index in [1.54, 1.807) is 0 Å². The van der Waals surface area contributed by atoms with Crippen molar-refractivity contribution in [3.8, 4) is 0 Å². The van der Waals surface area contributed by atoms with Crippen molar-refractivity contribution in [1.29, 1.82) is 0 Å². The minimum Gasteiger partial charge on any atom is -0.455 e. The van der Waals surface area contributed by atoms with Crippen LogP contribution in [0.5, 0.6) is 0 Å². The molecular weight excluding hydrogens is 330 g/mol. The number of hydrogen-bond donors (Lipinski definition) is 2. The van der Waals surface area contributed by atoms with Gasteiger partial charge in [0.05, 0.1) is 11.0 Å². The fourth-order valence-corrected chi connectivity index (χ4v) is 5.81. The summed E-state index contributed by atoms with van der Waals surface area (Å²) in [4.78, 5) is 25.0. The SMILES string of the molecule is Cc1cccc(NC(=O)COC(=O)C23C[C@@H]4C[C@@H](CC(O)(C4)C2)C3)c1C. The fraction of sp³-hybridized carbons (Fsp3) is 0.619. The third kappa shape index (κ3) is 3.02. The molecule has 4 saturated carbocycles. The van der Waals surface area contributed by atoms with E-state index in [0.29, 0.717) is 18.3 Å². The van der Waals surface area contributed by atoms with Gasteiger partial charge in [0, 0.05) is 5.69 Å². The van der Waals surface area contributed by atoms with Crippen molar-refractivity contribution in [3.63, 3.8) is 0 Å². The third-order valence-electron chi connectivity index (χ3n) is 6.68. The Morgan fingerprint density at radius 2 is 1.88 bits per heavy atom. The average Bonchev–Trinajstić information content (AvgIpc) is 2.54. The molecule has 4 fully saturated rings. The minimum absolute atomic E-state index is 0.276. The summed E-state index contributed by atoms with van der Waals surface area (Å²) in [5.74, 6) is 0.201. The number of benzene rings is 1. The Morgan fingerprint density at radius 1 is 1.19 bits per heavy atom. The maximum Gasteiger partial charge on any atom is 0.312 e. The van der Waals surface area contributed by atoms with Crippen molar-refractivity contribution < 1.29 is 19.4 Å². The first kappa shape index (κ1) is 17.5. The van der Waals surface area contributed by atoms with E-state index in [1.807, 2.05) is 32.0 Å². The highest BCUT2D eigenvalue weighted by atomic mass is 16.5. The second-order valence-electron chi connectivity index (χ2n) is 8.84. The summed E-state index contributed by atoms with van der Waals surface area (Å²) in [5, 5.41) is 13.6. The topological polar surface area (TPSA) is 75.6 Å². The van der Waals surface area contributed by atoms with Gasteiger partial charge in [0.15, 0.2) is 6.61 Å². The summed E-state index contributed by atoms with van der Waals surface area (Å²) in [7, 11) is 0. The van der Waals surface area contributed by atoms with Crippen LogP contribution < -0.4 is 5.32 Å². The van der Waals surface area contributed by atoms with Crippen LogP contribution in [0.25, 0.3) is 0 Å². The maximum atomic E-state index is 12.8. The molecule has 0 radical (unpaired) electrons. The highest BCUT2D eigenvalue weighted by molar-refractivity contribution is 5.94. The number of aliphatic hydroxyl groups is 1. The quantitative estimate of drug-likeness (QED) is 0.812. The van der Waals surface area contributed by atoms with Gasteiger partial charge in [0.25, 0.3) is 5.91 Å². The van der Waals surface area contributed by atoms with Crippen molar-refractivity contribution in [3.05, 3.63) is 29.3 Å². The number of aryl methyl sites for hydroxylation is 1. The van der Waals surface area contributed by atoms with Gasteiger partial charge in [-0.1, -0.05) is 12.1 Å². The number of anilines is 1. The molecule has 5 heteroatoms. The van der Waals surface area contributed by atoms with E-state index in [-0.39, 0.29) is 18.5 Å². The lowest BCUT2D eigenvalue weighted by molar-refractivity contribution is -0.196. The summed E-state index contributed by atoms with van der Waals surface area (Å²) in [5.41, 5.74) is 1.56. The summed E-state index contributed by atoms with van der Waals surface area (Å²) in [6.07, 6.45) is 4.82. The zero-order valence-electron chi connectivity index (χ0n) is 15.5. The molecule has 0 spiro atoms. The van der Waals surface area contributed by atoms with E-state index in [0.717, 1.165) is 48.9 Å². The lowest BCUT2D eigenvalue weighted by atomic mass is 9.48. The lowest BCUT2D eigenvalue weighted by Gasteiger charge is -2.58. The number of amides is 1. The Kier molecular flexibility index (Phi) is 4.10. The largest absolute Gasteiger partial charge is 0.455 e. The number of ether oxygens (including phenoxy) is 1. The molecule has 4 bridgehead atoms. The Hall–Kier alpha value is -1.88. The van der Waals surface area contributed by atoms with E-state index >= 15 is 0 Å². The van der Waals surface area contributed by atoms with Crippen molar-refractivity contribution in [2.75, 3.05) is 11.9 Å². The first-order chi connectivity index (χ1) is 12.3. The number of rotatable bonds is 4. The zero-order chi connectivity index (χ0) is 18.5. The van der Waals surface area contributed by atoms with Crippen molar-refractivity contribution in [2.24, 2.45) is 17.3 Å². The predicted molar refractivity (Wildman–Crippen MR) is 97.6 cm³/mol. The molecule has 1 aromatic carbocycles. The normalized spacial score (nSPS) is 34.6. The van der Waals surface area contributed by atoms with Gasteiger partial charge in [-0.15, -0.1) is 0 Å². The van der Waals surface area contributed by atoms with Gasteiger partial charge in [0.2, 0.25) is 0 Å². The smallest absolute Gasteiger partial charge is 0.312 e. The Morgan fingerprint density at radius 3 is 2.54 bits per heavy atom. The van der Waals surface area contributed by atoms with E-state index in [2.05, 4.69) is 5.32 Å². The van der Waals surface area contributed by atoms with Crippen LogP contribution in [-0.2, 0) is 14.3 Å². The van der Waals surface area contributed by atoms with Crippen LogP contribution in [0.1, 0.15) is 49.7 Å². The van der Waals surface area contributed by atoms with Gasteiger partial charge in [-0.2, -0.15) is 0 Å². The first-order valence-corrected chi connectivity index (χ1v) is 9.54. The molecule has 5 nitrogen and oxygen atoms in total. The van der Waals surface area contributed by atoms with Gasteiger partial charge < -0.3 is 15.2 Å². The molecule has 4 aliphatic rings. The fourth-order valence-electron chi connectivity index (χ4n) is 5.81. The molecule has 140 valence electrons. The van der Waals surface area contributed by atoms with Crippen LogP contribution in [0.4, 0.5) is 5.69 Å².